The number of aromatic nitrogens is 2. The molecule has 1 aromatic heterocycles. The maximum atomic E-state index is 11.5. The molecule has 0 unspecified atom stereocenters. The Labute approximate surface area is 99.9 Å². The van der Waals surface area contributed by atoms with Crippen molar-refractivity contribution in [1.82, 2.24) is 9.55 Å². The van der Waals surface area contributed by atoms with E-state index in [1.165, 1.54) is 12.8 Å². The van der Waals surface area contributed by atoms with Crippen LogP contribution in [0.4, 0.5) is 30.4 Å². The summed E-state index contributed by atoms with van der Waals surface area (Å²) in [6, 6.07) is 0. The molecule has 0 bridgehead atoms. The number of halogens is 7. The van der Waals surface area contributed by atoms with Gasteiger partial charge >= 0.3 is 13.6 Å². The second-order valence-electron chi connectivity index (χ2n) is 2.93. The zero-order valence-electron chi connectivity index (χ0n) is 9.76. The molecule has 0 saturated heterocycles. The number of unbranched alkanes of at least 4 members (excludes halogenated alkanes) is 1. The molecule has 1 heterocycles. The van der Waals surface area contributed by atoms with Gasteiger partial charge in [0.2, 0.25) is 0 Å². The molecule has 0 aromatic carbocycles. The largest absolute Gasteiger partial charge is 0.673 e. The van der Waals surface area contributed by atoms with E-state index < -0.39 is 13.6 Å². The van der Waals surface area contributed by atoms with E-state index in [2.05, 4.69) is 18.8 Å². The lowest BCUT2D eigenvalue weighted by Gasteiger charge is -2.03. The Hall–Kier alpha value is -1.22. The van der Waals surface area contributed by atoms with E-state index in [1.54, 1.807) is 0 Å². The second kappa shape index (κ2) is 8.81. The number of hydrogen-bond acceptors (Lipinski definition) is 1. The zero-order valence-corrected chi connectivity index (χ0v) is 9.76. The first-order chi connectivity index (χ1) is 8.02. The molecular formula is C8H13BF7N2-. The molecule has 1 aromatic rings. The van der Waals surface area contributed by atoms with Gasteiger partial charge in [0, 0.05) is 12.4 Å². The third kappa shape index (κ3) is 17.2. The number of nitrogens with zero attached hydrogens (tertiary/aromatic N) is 2. The average Bonchev–Trinajstić information content (AvgIpc) is 2.67. The molecular weight excluding hydrogens is 268 g/mol. The van der Waals surface area contributed by atoms with Crippen LogP contribution in [-0.2, 0) is 6.30 Å². The Morgan fingerprint density at radius 2 is 1.44 bits per heavy atom. The molecule has 0 aliphatic carbocycles. The second-order valence-corrected chi connectivity index (χ2v) is 2.93. The van der Waals surface area contributed by atoms with Gasteiger partial charge in [-0.15, -0.1) is 13.2 Å². The normalized spacial score (nSPS) is 10.9. The lowest BCUT2D eigenvalue weighted by atomic mass is 10.3. The molecule has 1 rings (SSSR count). The Morgan fingerprint density at radius 3 is 1.56 bits per heavy atom. The van der Waals surface area contributed by atoms with Gasteiger partial charge in [0.15, 0.2) is 0 Å². The maximum Gasteiger partial charge on any atom is 0.673 e. The smallest absolute Gasteiger partial charge is 0.418 e. The molecule has 108 valence electrons. The standard InChI is InChI=1S/C4H3F3N2.C4H10.BF4/c5-4(6,7)9-2-1-8-3-9;1-3-4-2;2-1(3,4)5/h1-3H;3-4H2,1-2H3;/q;;-1. The predicted octanol–water partition coefficient (Wildman–Crippen LogP) is 4.47. The summed E-state index contributed by atoms with van der Waals surface area (Å²) in [7, 11) is -6.00. The number of rotatable bonds is 1. The Balaban J connectivity index is 0. The van der Waals surface area contributed by atoms with Crippen molar-refractivity contribution in [3.8, 4) is 0 Å². The average molecular weight is 281 g/mol. The van der Waals surface area contributed by atoms with Gasteiger partial charge in [0.25, 0.3) is 0 Å². The van der Waals surface area contributed by atoms with Crippen LogP contribution in [0, 0.1) is 0 Å². The van der Waals surface area contributed by atoms with Crippen molar-refractivity contribution in [2.24, 2.45) is 0 Å². The van der Waals surface area contributed by atoms with Gasteiger partial charge in [0.05, 0.1) is 0 Å². The minimum atomic E-state index is -6.00. The van der Waals surface area contributed by atoms with Crippen LogP contribution >= 0.6 is 0 Å². The van der Waals surface area contributed by atoms with E-state index in [0.29, 0.717) is 6.33 Å². The van der Waals surface area contributed by atoms with Gasteiger partial charge in [-0.05, 0) is 0 Å². The monoisotopic (exact) mass is 281 g/mol. The molecule has 0 atom stereocenters. The lowest BCUT2D eigenvalue weighted by Crippen LogP contribution is -2.13. The van der Waals surface area contributed by atoms with Crippen LogP contribution in [0.2, 0.25) is 0 Å². The van der Waals surface area contributed by atoms with Crippen molar-refractivity contribution in [3.05, 3.63) is 18.7 Å². The van der Waals surface area contributed by atoms with E-state index in [0.717, 1.165) is 12.4 Å². The van der Waals surface area contributed by atoms with E-state index >= 15 is 0 Å². The van der Waals surface area contributed by atoms with Crippen molar-refractivity contribution in [2.75, 3.05) is 0 Å². The molecule has 10 heteroatoms. The van der Waals surface area contributed by atoms with Crippen molar-refractivity contribution in [2.45, 2.75) is 33.0 Å². The third-order valence-electron chi connectivity index (χ3n) is 1.30. The molecule has 0 N–H and O–H groups in total. The highest BCUT2D eigenvalue weighted by Crippen LogP contribution is 2.20. The molecule has 0 saturated carbocycles. The summed E-state index contributed by atoms with van der Waals surface area (Å²) >= 11 is 0. The molecule has 0 fully saturated rings. The van der Waals surface area contributed by atoms with E-state index in [1.807, 2.05) is 0 Å². The van der Waals surface area contributed by atoms with Gasteiger partial charge in [-0.1, -0.05) is 26.7 Å². The van der Waals surface area contributed by atoms with E-state index in [9.17, 15) is 30.4 Å². The van der Waals surface area contributed by atoms with Crippen LogP contribution in [0.15, 0.2) is 18.7 Å². The Morgan fingerprint density at radius 1 is 1.06 bits per heavy atom. The topological polar surface area (TPSA) is 17.8 Å². The molecule has 18 heavy (non-hydrogen) atoms. The summed E-state index contributed by atoms with van der Waals surface area (Å²) in [5.41, 5.74) is 0. The highest BCUT2D eigenvalue weighted by molar-refractivity contribution is 6.50. The zero-order chi connectivity index (χ0) is 14.8. The van der Waals surface area contributed by atoms with Crippen LogP contribution in [-0.4, -0.2) is 16.8 Å². The summed E-state index contributed by atoms with van der Waals surface area (Å²) < 4.78 is 73.7. The fourth-order valence-corrected chi connectivity index (χ4v) is 0.409. The number of alkyl halides is 3. The van der Waals surface area contributed by atoms with Crippen molar-refractivity contribution in [3.63, 3.8) is 0 Å². The summed E-state index contributed by atoms with van der Waals surface area (Å²) in [4.78, 5) is 3.23. The van der Waals surface area contributed by atoms with Gasteiger partial charge in [-0.2, -0.15) is 0 Å². The minimum absolute atomic E-state index is 0.0764. The molecule has 0 aliphatic heterocycles. The fraction of sp³-hybridized carbons (Fsp3) is 0.625. The highest BCUT2D eigenvalue weighted by atomic mass is 19.5. The van der Waals surface area contributed by atoms with E-state index in [4.69, 9.17) is 0 Å². The molecule has 0 radical (unpaired) electrons. The first-order valence-corrected chi connectivity index (χ1v) is 4.94. The summed E-state index contributed by atoms with van der Waals surface area (Å²) in [5.74, 6) is 0. The summed E-state index contributed by atoms with van der Waals surface area (Å²) in [5, 5.41) is 0. The first kappa shape index (κ1) is 19.1. The van der Waals surface area contributed by atoms with Crippen LogP contribution in [0.5, 0.6) is 0 Å². The van der Waals surface area contributed by atoms with Crippen LogP contribution < -0.4 is 0 Å². The Kier molecular flexibility index (Phi) is 9.37. The quantitative estimate of drug-likeness (QED) is 0.548. The lowest BCUT2D eigenvalue weighted by molar-refractivity contribution is -0.204. The van der Waals surface area contributed by atoms with Gasteiger partial charge in [-0.25, -0.2) is 9.55 Å². The fourth-order valence-electron chi connectivity index (χ4n) is 0.409. The van der Waals surface area contributed by atoms with Crippen LogP contribution in [0.3, 0.4) is 0 Å². The van der Waals surface area contributed by atoms with Crippen LogP contribution in [0.25, 0.3) is 0 Å². The number of hydrogen-bond donors (Lipinski definition) is 0. The van der Waals surface area contributed by atoms with Gasteiger partial charge in [0.1, 0.15) is 6.33 Å². The van der Waals surface area contributed by atoms with Crippen LogP contribution in [0.1, 0.15) is 26.7 Å². The van der Waals surface area contributed by atoms with Gasteiger partial charge in [-0.3, -0.25) is 0 Å². The summed E-state index contributed by atoms with van der Waals surface area (Å²) in [6.45, 7) is 4.36. The SMILES string of the molecule is CCCC.FC(F)(F)n1ccnc1.F[B-](F)(F)F. The molecule has 0 spiro atoms. The molecule has 2 nitrogen and oxygen atoms in total. The summed E-state index contributed by atoms with van der Waals surface area (Å²) in [6.07, 6.45) is 0.948. The maximum absolute atomic E-state index is 11.5. The number of imidazole rings is 1. The first-order valence-electron chi connectivity index (χ1n) is 4.94. The third-order valence-corrected chi connectivity index (χ3v) is 1.30. The predicted molar refractivity (Wildman–Crippen MR) is 54.3 cm³/mol. The molecule has 0 aliphatic rings. The van der Waals surface area contributed by atoms with Crippen molar-refractivity contribution >= 4 is 7.25 Å². The molecule has 0 amide bonds. The minimum Gasteiger partial charge on any atom is -0.418 e. The van der Waals surface area contributed by atoms with E-state index in [-0.39, 0.29) is 4.57 Å². The highest BCUT2D eigenvalue weighted by Gasteiger charge is 2.29. The Bertz CT molecular complexity index is 273. The van der Waals surface area contributed by atoms with Crippen molar-refractivity contribution < 1.29 is 30.4 Å². The van der Waals surface area contributed by atoms with Gasteiger partial charge < -0.3 is 17.3 Å². The van der Waals surface area contributed by atoms with Crippen molar-refractivity contribution in [1.29, 1.82) is 0 Å².